The molecule has 0 aromatic carbocycles. The zero-order chi connectivity index (χ0) is 12.3. The molecular formula is C10H14N6O. The third-order valence-corrected chi connectivity index (χ3v) is 2.42. The quantitative estimate of drug-likeness (QED) is 0.826. The van der Waals surface area contributed by atoms with E-state index in [1.807, 2.05) is 13.8 Å². The highest BCUT2D eigenvalue weighted by Gasteiger charge is 2.12. The molecule has 7 heteroatoms. The number of hydrogen-bond donors (Lipinski definition) is 1. The molecule has 2 heterocycles. The van der Waals surface area contributed by atoms with Gasteiger partial charge >= 0.3 is 0 Å². The van der Waals surface area contributed by atoms with E-state index in [4.69, 9.17) is 0 Å². The van der Waals surface area contributed by atoms with Crippen molar-refractivity contribution < 1.29 is 4.79 Å². The lowest BCUT2D eigenvalue weighted by atomic mass is 10.2. The summed E-state index contributed by atoms with van der Waals surface area (Å²) in [4.78, 5) is 14.6. The molecular weight excluding hydrogens is 220 g/mol. The first-order valence-electron chi connectivity index (χ1n) is 5.44. The third-order valence-electron chi connectivity index (χ3n) is 2.42. The minimum atomic E-state index is -0.182. The van der Waals surface area contributed by atoms with Crippen LogP contribution < -0.4 is 5.32 Å². The summed E-state index contributed by atoms with van der Waals surface area (Å²) in [5, 5.41) is 14.4. The Morgan fingerprint density at radius 2 is 2.29 bits per heavy atom. The summed E-state index contributed by atoms with van der Waals surface area (Å²) in [6.07, 6.45) is 5.72. The van der Waals surface area contributed by atoms with Gasteiger partial charge in [-0.1, -0.05) is 6.92 Å². The van der Waals surface area contributed by atoms with Gasteiger partial charge in [0.1, 0.15) is 0 Å². The number of nitrogens with one attached hydrogen (secondary N) is 1. The summed E-state index contributed by atoms with van der Waals surface area (Å²) in [6.45, 7) is 3.96. The topological polar surface area (TPSA) is 77.6 Å². The average Bonchev–Trinajstić information content (AvgIpc) is 2.98. The number of rotatable bonds is 4. The second-order valence-corrected chi connectivity index (χ2v) is 3.73. The van der Waals surface area contributed by atoms with Crippen LogP contribution in [-0.2, 0) is 0 Å². The molecule has 0 aliphatic heterocycles. The molecule has 17 heavy (non-hydrogen) atoms. The number of carbonyl (C=O) groups excluding carboxylic acids is 1. The van der Waals surface area contributed by atoms with Crippen LogP contribution >= 0.6 is 0 Å². The van der Waals surface area contributed by atoms with Crippen molar-refractivity contribution in [1.29, 1.82) is 0 Å². The van der Waals surface area contributed by atoms with Gasteiger partial charge in [-0.3, -0.25) is 4.79 Å². The van der Waals surface area contributed by atoms with Crippen molar-refractivity contribution >= 4 is 5.91 Å². The van der Waals surface area contributed by atoms with E-state index in [1.165, 1.54) is 9.58 Å². The molecule has 0 saturated heterocycles. The van der Waals surface area contributed by atoms with Crippen LogP contribution in [0.15, 0.2) is 24.7 Å². The predicted molar refractivity (Wildman–Crippen MR) is 60.3 cm³/mol. The summed E-state index contributed by atoms with van der Waals surface area (Å²) < 4.78 is 0. The lowest BCUT2D eigenvalue weighted by Gasteiger charge is -2.09. The van der Waals surface area contributed by atoms with Gasteiger partial charge in [0.25, 0.3) is 5.91 Å². The van der Waals surface area contributed by atoms with E-state index in [0.717, 1.165) is 6.42 Å². The Labute approximate surface area is 98.4 Å². The van der Waals surface area contributed by atoms with Crippen LogP contribution in [0.4, 0.5) is 0 Å². The molecule has 2 aromatic heterocycles. The van der Waals surface area contributed by atoms with Crippen molar-refractivity contribution in [1.82, 2.24) is 30.3 Å². The van der Waals surface area contributed by atoms with Gasteiger partial charge in [0.15, 0.2) is 5.69 Å². The molecule has 2 rings (SSSR count). The van der Waals surface area contributed by atoms with Crippen LogP contribution in [0.3, 0.4) is 0 Å². The maximum Gasteiger partial charge on any atom is 0.272 e. The van der Waals surface area contributed by atoms with Gasteiger partial charge in [0.2, 0.25) is 0 Å². The van der Waals surface area contributed by atoms with Gasteiger partial charge in [0, 0.05) is 6.04 Å². The molecule has 0 bridgehead atoms. The van der Waals surface area contributed by atoms with E-state index >= 15 is 0 Å². The summed E-state index contributed by atoms with van der Waals surface area (Å²) in [7, 11) is 0. The number of hydrogen-bond acceptors (Lipinski definition) is 4. The van der Waals surface area contributed by atoms with Crippen LogP contribution in [0.5, 0.6) is 0 Å². The Bertz CT molecular complexity index is 489. The van der Waals surface area contributed by atoms with E-state index in [0.29, 0.717) is 5.69 Å². The predicted octanol–water partition coefficient (Wildman–Crippen LogP) is 0.314. The van der Waals surface area contributed by atoms with Gasteiger partial charge in [-0.25, -0.2) is 0 Å². The highest BCUT2D eigenvalue weighted by atomic mass is 16.2. The zero-order valence-corrected chi connectivity index (χ0v) is 9.74. The summed E-state index contributed by atoms with van der Waals surface area (Å²) in [5.41, 5.74) is 0.362. The van der Waals surface area contributed by atoms with Gasteiger partial charge in [0.05, 0.1) is 18.6 Å². The van der Waals surface area contributed by atoms with Gasteiger partial charge in [-0.2, -0.15) is 4.79 Å². The van der Waals surface area contributed by atoms with Crippen LogP contribution in [0, 0.1) is 0 Å². The van der Waals surface area contributed by atoms with E-state index < -0.39 is 0 Å². The molecule has 0 spiro atoms. The lowest BCUT2D eigenvalue weighted by molar-refractivity contribution is 0.0933. The number of amides is 1. The zero-order valence-electron chi connectivity index (χ0n) is 9.74. The SMILES string of the molecule is CCC(C)NC(=O)c1ccn(-n2ccnn2)n1. The molecule has 90 valence electrons. The largest absolute Gasteiger partial charge is 0.348 e. The Morgan fingerprint density at radius 3 is 2.94 bits per heavy atom. The standard InChI is InChI=1S/C10H14N6O/c1-3-8(2)12-10(17)9-4-6-15(13-9)16-7-5-11-14-16/h4-8H,3H2,1-2H3,(H,12,17). The Balaban J connectivity index is 2.11. The van der Waals surface area contributed by atoms with E-state index in [2.05, 4.69) is 20.7 Å². The molecule has 1 N–H and O–H groups in total. The Morgan fingerprint density at radius 1 is 1.47 bits per heavy atom. The van der Waals surface area contributed by atoms with Crippen molar-refractivity contribution in [3.8, 4) is 0 Å². The third kappa shape index (κ3) is 2.49. The van der Waals surface area contributed by atoms with Crippen molar-refractivity contribution in [3.05, 3.63) is 30.4 Å². The highest BCUT2D eigenvalue weighted by molar-refractivity contribution is 5.92. The molecule has 1 amide bonds. The normalized spacial score (nSPS) is 12.4. The van der Waals surface area contributed by atoms with Gasteiger partial charge in [-0.05, 0) is 24.6 Å². The summed E-state index contributed by atoms with van der Waals surface area (Å²) >= 11 is 0. The monoisotopic (exact) mass is 234 g/mol. The minimum absolute atomic E-state index is 0.138. The summed E-state index contributed by atoms with van der Waals surface area (Å²) in [6, 6.07) is 1.78. The maximum absolute atomic E-state index is 11.8. The van der Waals surface area contributed by atoms with E-state index in [9.17, 15) is 4.79 Å². The smallest absolute Gasteiger partial charge is 0.272 e. The second-order valence-electron chi connectivity index (χ2n) is 3.73. The molecule has 0 aliphatic rings. The molecule has 7 nitrogen and oxygen atoms in total. The molecule has 0 radical (unpaired) electrons. The first-order valence-corrected chi connectivity index (χ1v) is 5.44. The van der Waals surface area contributed by atoms with Crippen molar-refractivity contribution in [3.63, 3.8) is 0 Å². The lowest BCUT2D eigenvalue weighted by Crippen LogP contribution is -2.32. The van der Waals surface area contributed by atoms with Crippen LogP contribution in [0.25, 0.3) is 0 Å². The van der Waals surface area contributed by atoms with Gasteiger partial charge in [-0.15, -0.1) is 15.0 Å². The number of aromatic nitrogens is 5. The molecule has 1 unspecified atom stereocenters. The molecule has 1 atom stereocenters. The van der Waals surface area contributed by atoms with Crippen LogP contribution in [0.1, 0.15) is 30.8 Å². The van der Waals surface area contributed by atoms with Crippen LogP contribution in [0.2, 0.25) is 0 Å². The number of nitrogens with zero attached hydrogens (tertiary/aromatic N) is 5. The van der Waals surface area contributed by atoms with E-state index in [-0.39, 0.29) is 11.9 Å². The van der Waals surface area contributed by atoms with Crippen molar-refractivity contribution in [2.24, 2.45) is 0 Å². The Hall–Kier alpha value is -2.18. The summed E-state index contributed by atoms with van der Waals surface area (Å²) in [5.74, 6) is -0.182. The molecule has 2 aromatic rings. The van der Waals surface area contributed by atoms with Crippen molar-refractivity contribution in [2.45, 2.75) is 26.3 Å². The first kappa shape index (κ1) is 11.3. The van der Waals surface area contributed by atoms with Crippen LogP contribution in [-0.4, -0.2) is 36.9 Å². The maximum atomic E-state index is 11.8. The fourth-order valence-electron chi connectivity index (χ4n) is 1.26. The highest BCUT2D eigenvalue weighted by Crippen LogP contribution is 1.98. The molecule has 0 fully saturated rings. The second kappa shape index (κ2) is 4.77. The first-order chi connectivity index (χ1) is 8.20. The van der Waals surface area contributed by atoms with Gasteiger partial charge < -0.3 is 5.32 Å². The van der Waals surface area contributed by atoms with Crippen molar-refractivity contribution in [2.75, 3.05) is 0 Å². The van der Waals surface area contributed by atoms with E-state index in [1.54, 1.807) is 24.7 Å². The molecule has 0 saturated carbocycles. The number of carbonyl (C=O) groups is 1. The molecule has 0 aliphatic carbocycles. The minimum Gasteiger partial charge on any atom is -0.348 e. The Kier molecular flexibility index (Phi) is 3.17. The fraction of sp³-hybridized carbons (Fsp3) is 0.400. The fourth-order valence-corrected chi connectivity index (χ4v) is 1.26. The average molecular weight is 234 g/mol.